The van der Waals surface area contributed by atoms with E-state index in [1.807, 2.05) is 13.1 Å². The number of fused-ring (bicyclic) bond motifs is 1. The van der Waals surface area contributed by atoms with Crippen LogP contribution in [0.2, 0.25) is 18.1 Å². The Kier molecular flexibility index (Phi) is 6.70. The normalized spacial score (nSPS) is 23.3. The van der Waals surface area contributed by atoms with Gasteiger partial charge in [0.05, 0.1) is 23.3 Å². The summed E-state index contributed by atoms with van der Waals surface area (Å²) in [5, 5.41) is 2.18. The molecule has 2 atom stereocenters. The molecule has 1 N–H and O–H groups in total. The highest BCUT2D eigenvalue weighted by atomic mass is 28.4. The maximum atomic E-state index is 15.4. The Labute approximate surface area is 210 Å². The lowest BCUT2D eigenvalue weighted by Gasteiger charge is -2.45. The maximum absolute atomic E-state index is 15.4. The Morgan fingerprint density at radius 3 is 2.53 bits per heavy atom. The molecule has 1 aromatic carbocycles. The molecule has 2 saturated heterocycles. The number of nitrogens with one attached hydrogen (secondary N) is 1. The molecule has 198 valence electrons. The number of amides is 2. The highest BCUT2D eigenvalue weighted by Crippen LogP contribution is 2.41. The summed E-state index contributed by atoms with van der Waals surface area (Å²) in [6.07, 6.45) is 0.422. The summed E-state index contributed by atoms with van der Waals surface area (Å²) in [6.45, 7) is 10.6. The van der Waals surface area contributed by atoms with Crippen molar-refractivity contribution in [2.45, 2.75) is 82.6 Å². The number of anilines is 1. The third-order valence-corrected chi connectivity index (χ3v) is 12.6. The SMILES string of the molecule is Cn1c(=O)n(C2CCC(=O)NC2=O)c2cccc(N3CCCC(F)(F)C3CO[Si](C)(C)C(C)(C)C)c21. The molecular weight excluding hydrogens is 486 g/mol. The number of hydrogen-bond donors (Lipinski definition) is 1. The van der Waals surface area contributed by atoms with Crippen molar-refractivity contribution in [1.82, 2.24) is 14.5 Å². The van der Waals surface area contributed by atoms with Crippen LogP contribution in [0.4, 0.5) is 14.5 Å². The Morgan fingerprint density at radius 1 is 1.19 bits per heavy atom. The van der Waals surface area contributed by atoms with Gasteiger partial charge in [-0.05, 0) is 43.1 Å². The van der Waals surface area contributed by atoms with Gasteiger partial charge >= 0.3 is 5.69 Å². The minimum atomic E-state index is -2.96. The molecule has 0 saturated carbocycles. The van der Waals surface area contributed by atoms with E-state index >= 15 is 8.78 Å². The minimum absolute atomic E-state index is 0.109. The van der Waals surface area contributed by atoms with E-state index in [-0.39, 0.29) is 36.8 Å². The number of halogens is 2. The first-order chi connectivity index (χ1) is 16.7. The lowest BCUT2D eigenvalue weighted by atomic mass is 9.97. The van der Waals surface area contributed by atoms with Crippen LogP contribution in [0.15, 0.2) is 23.0 Å². The molecule has 8 nitrogen and oxygen atoms in total. The second-order valence-electron chi connectivity index (χ2n) is 11.5. The van der Waals surface area contributed by atoms with Gasteiger partial charge in [-0.2, -0.15) is 0 Å². The number of para-hydroxylation sites is 1. The highest BCUT2D eigenvalue weighted by Gasteiger charge is 2.48. The summed E-state index contributed by atoms with van der Waals surface area (Å²) in [5.74, 6) is -3.87. The van der Waals surface area contributed by atoms with Gasteiger partial charge < -0.3 is 9.33 Å². The van der Waals surface area contributed by atoms with Gasteiger partial charge in [-0.3, -0.25) is 24.0 Å². The number of aryl methyl sites for hydroxylation is 1. The van der Waals surface area contributed by atoms with Crippen molar-refractivity contribution in [3.05, 3.63) is 28.7 Å². The molecule has 3 heterocycles. The van der Waals surface area contributed by atoms with E-state index in [0.29, 0.717) is 29.7 Å². The number of aromatic nitrogens is 2. The van der Waals surface area contributed by atoms with E-state index in [1.54, 1.807) is 30.1 Å². The Bertz CT molecular complexity index is 1250. The van der Waals surface area contributed by atoms with Gasteiger partial charge in [0.25, 0.3) is 5.92 Å². The molecular formula is C25H36F2N4O4Si. The highest BCUT2D eigenvalue weighted by molar-refractivity contribution is 6.74. The summed E-state index contributed by atoms with van der Waals surface area (Å²) >= 11 is 0. The fraction of sp³-hybridized carbons (Fsp3) is 0.640. The predicted octanol–water partition coefficient (Wildman–Crippen LogP) is 3.94. The molecule has 2 fully saturated rings. The third-order valence-electron chi connectivity index (χ3n) is 8.09. The van der Waals surface area contributed by atoms with Gasteiger partial charge in [-0.15, -0.1) is 0 Å². The lowest BCUT2D eigenvalue weighted by molar-refractivity contribution is -0.135. The van der Waals surface area contributed by atoms with Crippen molar-refractivity contribution >= 4 is 36.9 Å². The number of rotatable bonds is 5. The monoisotopic (exact) mass is 522 g/mol. The smallest absolute Gasteiger partial charge is 0.329 e. The van der Waals surface area contributed by atoms with Crippen LogP contribution in [0.25, 0.3) is 11.0 Å². The molecule has 0 radical (unpaired) electrons. The van der Waals surface area contributed by atoms with Crippen LogP contribution < -0.4 is 15.9 Å². The summed E-state index contributed by atoms with van der Waals surface area (Å²) < 4.78 is 39.8. The number of hydrogen-bond acceptors (Lipinski definition) is 5. The zero-order valence-electron chi connectivity index (χ0n) is 21.9. The molecule has 36 heavy (non-hydrogen) atoms. The van der Waals surface area contributed by atoms with Gasteiger partial charge in [0.1, 0.15) is 12.1 Å². The average molecular weight is 523 g/mol. The first kappa shape index (κ1) is 26.5. The fourth-order valence-electron chi connectivity index (χ4n) is 4.92. The number of piperidine rings is 2. The summed E-state index contributed by atoms with van der Waals surface area (Å²) in [7, 11) is -0.695. The van der Waals surface area contributed by atoms with Crippen LogP contribution >= 0.6 is 0 Å². The topological polar surface area (TPSA) is 85.6 Å². The van der Waals surface area contributed by atoms with Crippen molar-refractivity contribution in [3.63, 3.8) is 0 Å². The first-order valence-electron chi connectivity index (χ1n) is 12.5. The van der Waals surface area contributed by atoms with Gasteiger partial charge in [0, 0.05) is 26.4 Å². The van der Waals surface area contributed by atoms with E-state index in [9.17, 15) is 14.4 Å². The molecule has 0 spiro atoms. The Morgan fingerprint density at radius 2 is 1.89 bits per heavy atom. The standard InChI is InChI=1S/C25H36F2N4O4Si/c1-24(2,3)36(5,6)35-15-19-25(26,27)13-8-14-30(19)16-9-7-10-17-21(16)29(4)23(34)31(17)18-11-12-20(32)28-22(18)33/h7,9-10,18-19H,8,11-15H2,1-6H3,(H,28,32,33). The van der Waals surface area contributed by atoms with E-state index in [1.165, 1.54) is 9.13 Å². The second kappa shape index (κ2) is 9.09. The van der Waals surface area contributed by atoms with Crippen molar-refractivity contribution in [3.8, 4) is 0 Å². The number of alkyl halides is 2. The van der Waals surface area contributed by atoms with Crippen LogP contribution in [0.1, 0.15) is 52.5 Å². The largest absolute Gasteiger partial charge is 0.414 e. The summed E-state index contributed by atoms with van der Waals surface area (Å²) in [4.78, 5) is 39.2. The summed E-state index contributed by atoms with van der Waals surface area (Å²) in [5.41, 5.74) is 1.06. The zero-order valence-corrected chi connectivity index (χ0v) is 22.9. The van der Waals surface area contributed by atoms with Gasteiger partial charge in [0.2, 0.25) is 11.8 Å². The van der Waals surface area contributed by atoms with Crippen molar-refractivity contribution in [2.75, 3.05) is 18.1 Å². The van der Waals surface area contributed by atoms with Crippen LogP contribution in [0.5, 0.6) is 0 Å². The molecule has 2 aliphatic rings. The first-order valence-corrected chi connectivity index (χ1v) is 15.4. The Hall–Kier alpha value is -2.53. The molecule has 2 aromatic rings. The quantitative estimate of drug-likeness (QED) is 0.475. The van der Waals surface area contributed by atoms with E-state index in [2.05, 4.69) is 26.1 Å². The molecule has 0 bridgehead atoms. The number of nitrogens with zero attached hydrogens (tertiary/aromatic N) is 3. The van der Waals surface area contributed by atoms with E-state index in [4.69, 9.17) is 4.43 Å². The van der Waals surface area contributed by atoms with Crippen LogP contribution in [-0.4, -0.2) is 54.4 Å². The maximum Gasteiger partial charge on any atom is 0.329 e. The van der Waals surface area contributed by atoms with Crippen LogP contribution in [-0.2, 0) is 21.1 Å². The number of benzene rings is 1. The molecule has 11 heteroatoms. The van der Waals surface area contributed by atoms with Gasteiger partial charge in [0.15, 0.2) is 8.32 Å². The van der Waals surface area contributed by atoms with Crippen molar-refractivity contribution in [1.29, 1.82) is 0 Å². The number of carbonyl (C=O) groups excluding carboxylic acids is 2. The molecule has 0 aliphatic carbocycles. The van der Waals surface area contributed by atoms with Gasteiger partial charge in [-0.25, -0.2) is 13.6 Å². The van der Waals surface area contributed by atoms with E-state index < -0.39 is 37.9 Å². The fourth-order valence-corrected chi connectivity index (χ4v) is 5.93. The van der Waals surface area contributed by atoms with Crippen LogP contribution in [0, 0.1) is 0 Å². The summed E-state index contributed by atoms with van der Waals surface area (Å²) in [6, 6.07) is 3.16. The zero-order chi connectivity index (χ0) is 26.6. The molecule has 2 amide bonds. The number of carbonyl (C=O) groups is 2. The molecule has 2 aliphatic heterocycles. The van der Waals surface area contributed by atoms with Gasteiger partial charge in [-0.1, -0.05) is 26.8 Å². The van der Waals surface area contributed by atoms with Crippen LogP contribution in [0.3, 0.4) is 0 Å². The second-order valence-corrected chi connectivity index (χ2v) is 16.3. The van der Waals surface area contributed by atoms with Crippen molar-refractivity contribution in [2.24, 2.45) is 7.05 Å². The average Bonchev–Trinajstić information content (AvgIpc) is 3.02. The number of imide groups is 1. The Balaban J connectivity index is 1.78. The van der Waals surface area contributed by atoms with Crippen molar-refractivity contribution < 1.29 is 22.8 Å². The lowest BCUT2D eigenvalue weighted by Crippen LogP contribution is -2.57. The third kappa shape index (κ3) is 4.51. The number of imidazole rings is 1. The molecule has 2 unspecified atom stereocenters. The minimum Gasteiger partial charge on any atom is -0.414 e. The van der Waals surface area contributed by atoms with E-state index in [0.717, 1.165) is 0 Å². The molecule has 4 rings (SSSR count). The molecule has 1 aromatic heterocycles. The predicted molar refractivity (Wildman–Crippen MR) is 137 cm³/mol.